The van der Waals surface area contributed by atoms with Crippen LogP contribution < -0.4 is 0 Å². The van der Waals surface area contributed by atoms with E-state index >= 15 is 0 Å². The number of rotatable bonds is 4. The number of carbonyl (C=O) groups excluding carboxylic acids is 1. The van der Waals surface area contributed by atoms with E-state index in [2.05, 4.69) is 9.97 Å². The molecule has 1 amide bonds. The fourth-order valence-corrected chi connectivity index (χ4v) is 4.28. The molecule has 0 saturated heterocycles. The normalized spacial score (nSPS) is 12.0. The Morgan fingerprint density at radius 1 is 0.895 bits per heavy atom. The Morgan fingerprint density at radius 2 is 1.50 bits per heavy atom. The molecule has 4 rings (SSSR count). The second-order valence-electron chi connectivity index (χ2n) is 8.31. The summed E-state index contributed by atoms with van der Waals surface area (Å²) in [4.78, 5) is 20.6. The second-order valence-corrected chi connectivity index (χ2v) is 9.17. The number of halogens is 6. The highest BCUT2D eigenvalue weighted by Crippen LogP contribution is 2.37. The van der Waals surface area contributed by atoms with Crippen molar-refractivity contribution in [2.24, 2.45) is 0 Å². The van der Waals surface area contributed by atoms with Crippen LogP contribution in [0.15, 0.2) is 66.9 Å². The molecule has 1 heterocycles. The molecule has 1 aromatic heterocycles. The first-order valence-electron chi connectivity index (χ1n) is 10.8. The van der Waals surface area contributed by atoms with Crippen LogP contribution in [0.2, 0.25) is 0 Å². The number of H-pyrrole nitrogens is 1. The Kier molecular flexibility index (Phi) is 7.06. The zero-order valence-corrected chi connectivity index (χ0v) is 20.2. The second kappa shape index (κ2) is 9.97. The molecule has 6 nitrogen and oxygen atoms in total. The molecule has 1 N–H and O–H groups in total. The molecule has 0 saturated carbocycles. The fraction of sp³-hybridized carbons (Fsp3) is 0.160. The minimum atomic E-state index is -5.05. The molecule has 0 bridgehead atoms. The van der Waals surface area contributed by atoms with Crippen molar-refractivity contribution in [2.75, 3.05) is 7.05 Å². The first-order chi connectivity index (χ1) is 17.8. The summed E-state index contributed by atoms with van der Waals surface area (Å²) in [6, 6.07) is 13.4. The van der Waals surface area contributed by atoms with Gasteiger partial charge in [0.2, 0.25) is 0 Å². The number of nitrogens with one attached hydrogen (secondary N) is 1. The molecule has 13 heteroatoms. The van der Waals surface area contributed by atoms with E-state index in [1.54, 1.807) is 30.3 Å². The Balaban J connectivity index is 1.82. The fourth-order valence-electron chi connectivity index (χ4n) is 3.96. The lowest BCUT2D eigenvalue weighted by Crippen LogP contribution is -2.28. The lowest BCUT2D eigenvalue weighted by molar-refractivity contribution is -0.143. The molecule has 0 atom stereocenters. The SMILES string of the molecule is CN(Cc1cc(C(F)(F)F)cc(C(F)(F)F)c1)C(=O)c1[nH]c(=S(=O)=O)ncc1-c1cccc2ccccc12. The number of aromatic nitrogens is 2. The van der Waals surface area contributed by atoms with Gasteiger partial charge in [-0.05, 0) is 40.1 Å². The predicted molar refractivity (Wildman–Crippen MR) is 126 cm³/mol. The maximum Gasteiger partial charge on any atom is 0.416 e. The van der Waals surface area contributed by atoms with E-state index in [1.165, 1.54) is 7.05 Å². The van der Waals surface area contributed by atoms with Crippen molar-refractivity contribution in [3.63, 3.8) is 0 Å². The number of amides is 1. The first kappa shape index (κ1) is 26.9. The Hall–Kier alpha value is -4.13. The lowest BCUT2D eigenvalue weighted by atomic mass is 9.97. The van der Waals surface area contributed by atoms with Gasteiger partial charge >= 0.3 is 12.4 Å². The molecule has 38 heavy (non-hydrogen) atoms. The van der Waals surface area contributed by atoms with Crippen molar-refractivity contribution in [3.8, 4) is 11.1 Å². The van der Waals surface area contributed by atoms with Gasteiger partial charge in [0.05, 0.1) is 11.1 Å². The predicted octanol–water partition coefficient (Wildman–Crippen LogP) is 5.95. The highest BCUT2D eigenvalue weighted by Gasteiger charge is 2.37. The number of aromatic amines is 1. The molecule has 0 aliphatic rings. The van der Waals surface area contributed by atoms with Gasteiger partial charge in [-0.2, -0.15) is 34.8 Å². The summed E-state index contributed by atoms with van der Waals surface area (Å²) in [5, 5.41) is 1.50. The molecular formula is C25H17F6N3O3S. The van der Waals surface area contributed by atoms with Gasteiger partial charge in [-0.3, -0.25) is 4.79 Å². The third-order valence-electron chi connectivity index (χ3n) is 5.68. The quantitative estimate of drug-likeness (QED) is 0.250. The summed E-state index contributed by atoms with van der Waals surface area (Å²) >= 11 is 0. The topological polar surface area (TPSA) is 83.1 Å². The first-order valence-corrected chi connectivity index (χ1v) is 11.9. The maximum absolute atomic E-state index is 13.4. The third kappa shape index (κ3) is 5.57. The molecule has 0 fully saturated rings. The van der Waals surface area contributed by atoms with Gasteiger partial charge in [0.1, 0.15) is 5.69 Å². The summed E-state index contributed by atoms with van der Waals surface area (Å²) in [5.74, 6) is -0.881. The maximum atomic E-state index is 13.4. The number of carbonyl (C=O) groups is 1. The lowest BCUT2D eigenvalue weighted by Gasteiger charge is -2.21. The standard InChI is InChI=1S/C25H17F6N3O3S/c1-34(13-14-9-16(24(26,27)28)11-17(10-14)25(29,30)31)22(35)21-20(12-32-23(33-21)38(36)37)19-8-4-6-15-5-2-3-7-18(15)19/h2-12,33H,13H2,1H3. The number of nitrogens with zero attached hydrogens (tertiary/aromatic N) is 2. The van der Waals surface area contributed by atoms with E-state index in [1.807, 2.05) is 12.1 Å². The van der Waals surface area contributed by atoms with Gasteiger partial charge in [-0.1, -0.05) is 42.5 Å². The smallest absolute Gasteiger partial charge is 0.336 e. The van der Waals surface area contributed by atoms with E-state index in [0.29, 0.717) is 23.1 Å². The van der Waals surface area contributed by atoms with Gasteiger partial charge in [-0.25, -0.2) is 4.98 Å². The highest BCUT2D eigenvalue weighted by atomic mass is 32.2. The van der Waals surface area contributed by atoms with Crippen LogP contribution >= 0.6 is 0 Å². The molecular weight excluding hydrogens is 536 g/mol. The summed E-state index contributed by atoms with van der Waals surface area (Å²) in [5.41, 5.74) is -3.02. The summed E-state index contributed by atoms with van der Waals surface area (Å²) in [7, 11) is -1.69. The third-order valence-corrected chi connectivity index (χ3v) is 6.20. The average Bonchev–Trinajstić information content (AvgIpc) is 2.86. The van der Waals surface area contributed by atoms with Crippen LogP contribution in [0.5, 0.6) is 0 Å². The molecule has 0 aliphatic carbocycles. The number of hydrogen-bond acceptors (Lipinski definition) is 4. The zero-order chi connectivity index (χ0) is 27.8. The Bertz CT molecular complexity index is 1680. The van der Waals surface area contributed by atoms with Crippen molar-refractivity contribution in [1.82, 2.24) is 14.9 Å². The molecule has 0 radical (unpaired) electrons. The average molecular weight is 553 g/mol. The van der Waals surface area contributed by atoms with Gasteiger partial charge in [0.25, 0.3) is 21.0 Å². The summed E-state index contributed by atoms with van der Waals surface area (Å²) < 4.78 is 102. The number of alkyl halides is 6. The van der Waals surface area contributed by atoms with Crippen molar-refractivity contribution in [2.45, 2.75) is 18.9 Å². The van der Waals surface area contributed by atoms with Gasteiger partial charge in [0.15, 0.2) is 0 Å². The van der Waals surface area contributed by atoms with Crippen LogP contribution in [0.4, 0.5) is 26.3 Å². The van der Waals surface area contributed by atoms with Crippen LogP contribution in [-0.2, 0) is 29.2 Å². The minimum Gasteiger partial charge on any atom is -0.336 e. The summed E-state index contributed by atoms with van der Waals surface area (Å²) in [6.07, 6.45) is -8.94. The number of benzene rings is 3. The number of hydrogen-bond donors (Lipinski definition) is 1. The largest absolute Gasteiger partial charge is 0.416 e. The van der Waals surface area contributed by atoms with Crippen LogP contribution in [0.3, 0.4) is 0 Å². The van der Waals surface area contributed by atoms with Gasteiger partial charge < -0.3 is 9.88 Å². The minimum absolute atomic E-state index is 0.00355. The van der Waals surface area contributed by atoms with Crippen molar-refractivity contribution >= 4 is 27.0 Å². The Morgan fingerprint density at radius 3 is 2.11 bits per heavy atom. The zero-order valence-electron chi connectivity index (χ0n) is 19.4. The van der Waals surface area contributed by atoms with E-state index in [4.69, 9.17) is 0 Å². The molecule has 198 valence electrons. The highest BCUT2D eigenvalue weighted by molar-refractivity contribution is 7.63. The van der Waals surface area contributed by atoms with Gasteiger partial charge in [-0.15, -0.1) is 0 Å². The molecule has 0 spiro atoms. The van der Waals surface area contributed by atoms with Crippen LogP contribution in [-0.4, -0.2) is 36.2 Å². The van der Waals surface area contributed by atoms with Crippen molar-refractivity contribution in [1.29, 1.82) is 0 Å². The monoisotopic (exact) mass is 553 g/mol. The molecule has 0 aliphatic heterocycles. The van der Waals surface area contributed by atoms with Crippen LogP contribution in [0.1, 0.15) is 27.2 Å². The van der Waals surface area contributed by atoms with Gasteiger partial charge in [0, 0.05) is 25.4 Å². The number of fused-ring (bicyclic) bond motifs is 1. The van der Waals surface area contributed by atoms with E-state index in [0.717, 1.165) is 16.5 Å². The van der Waals surface area contributed by atoms with Crippen molar-refractivity contribution < 1.29 is 39.6 Å². The van der Waals surface area contributed by atoms with Crippen LogP contribution in [0, 0.1) is 4.77 Å². The van der Waals surface area contributed by atoms with Crippen molar-refractivity contribution in [3.05, 3.63) is 94.0 Å². The van der Waals surface area contributed by atoms with Crippen LogP contribution in [0.25, 0.3) is 21.9 Å². The molecule has 4 aromatic rings. The van der Waals surface area contributed by atoms with E-state index < -0.39 is 56.6 Å². The summed E-state index contributed by atoms with van der Waals surface area (Å²) in [6.45, 7) is -0.632. The van der Waals surface area contributed by atoms with E-state index in [-0.39, 0.29) is 17.3 Å². The Labute approximate surface area is 212 Å². The molecule has 0 unspecified atom stereocenters. The van der Waals surface area contributed by atoms with E-state index in [9.17, 15) is 39.6 Å². The molecule has 3 aromatic carbocycles.